The van der Waals surface area contributed by atoms with Gasteiger partial charge in [-0.05, 0) is 18.6 Å². The molecule has 0 radical (unpaired) electrons. The molecule has 0 N–H and O–H groups in total. The number of rotatable bonds is 27. The molecule has 9 heteroatoms. The van der Waals surface area contributed by atoms with Crippen molar-refractivity contribution in [3.05, 3.63) is 35.4 Å². The predicted octanol–water partition coefficient (Wildman–Crippen LogP) is 5.76. The number of hydrogen-bond acceptors (Lipinski definition) is 7. The van der Waals surface area contributed by atoms with Crippen LogP contribution in [-0.4, -0.2) is 43.9 Å². The molecule has 7 nitrogen and oxygen atoms in total. The van der Waals surface area contributed by atoms with Gasteiger partial charge < -0.3 is 14.0 Å². The van der Waals surface area contributed by atoms with Gasteiger partial charge in [-0.15, -0.1) is 0 Å². The number of carbonyl (C=O) groups is 2. The van der Waals surface area contributed by atoms with E-state index in [-0.39, 0.29) is 69.1 Å². The molecule has 236 valence electrons. The number of carbonyl (C=O) groups excluding carboxylic acids is 2. The van der Waals surface area contributed by atoms with Crippen LogP contribution in [0, 0.1) is 0 Å². The summed E-state index contributed by atoms with van der Waals surface area (Å²) in [4.78, 5) is 24.6. The van der Waals surface area contributed by atoms with Crippen LogP contribution in [0.5, 0.6) is 0 Å². The third kappa shape index (κ3) is 24.1. The Balaban J connectivity index is 0.0000168. The first-order valence-corrected chi connectivity index (χ1v) is 17.8. The van der Waals surface area contributed by atoms with Gasteiger partial charge in [0.2, 0.25) is 0 Å². The van der Waals surface area contributed by atoms with Crippen molar-refractivity contribution >= 4 is 22.1 Å². The van der Waals surface area contributed by atoms with Crippen molar-refractivity contribution in [2.45, 2.75) is 142 Å². The van der Waals surface area contributed by atoms with Gasteiger partial charge in [0.05, 0.1) is 33.6 Å². The van der Waals surface area contributed by atoms with Crippen molar-refractivity contribution in [3.63, 3.8) is 0 Å². The first-order chi connectivity index (χ1) is 19.8. The van der Waals surface area contributed by atoms with Crippen LogP contribution in [0.25, 0.3) is 0 Å². The number of benzene rings is 1. The average molecular weight is 635 g/mol. The first-order valence-electron chi connectivity index (χ1n) is 16.2. The van der Waals surface area contributed by atoms with E-state index < -0.39 is 34.4 Å². The summed E-state index contributed by atoms with van der Waals surface area (Å²) in [5, 5.41) is 0. The van der Waals surface area contributed by atoms with Gasteiger partial charge in [0.25, 0.3) is 0 Å². The molecule has 0 aliphatic carbocycles. The maximum atomic E-state index is 12.4. The predicted molar refractivity (Wildman–Crippen MR) is 164 cm³/mol. The van der Waals surface area contributed by atoms with Crippen LogP contribution in [0.4, 0.5) is 0 Å². The van der Waals surface area contributed by atoms with Crippen LogP contribution >= 0.6 is 0 Å². The Labute approximate surface area is 298 Å². The summed E-state index contributed by atoms with van der Waals surface area (Å²) >= 11 is 0. The second kappa shape index (κ2) is 28.2. The van der Waals surface area contributed by atoms with Gasteiger partial charge in [-0.3, -0.25) is 0 Å². The van der Waals surface area contributed by atoms with Gasteiger partial charge in [-0.1, -0.05) is 147 Å². The molecule has 0 aromatic heterocycles. The summed E-state index contributed by atoms with van der Waals surface area (Å²) in [5.41, 5.74) is 0.0468. The topological polar surface area (TPSA) is 110 Å². The first kappa shape index (κ1) is 41.7. The zero-order valence-electron chi connectivity index (χ0n) is 26.5. The largest absolute Gasteiger partial charge is 1.00 e. The smallest absolute Gasteiger partial charge is 0.748 e. The quantitative estimate of drug-likeness (QED) is 0.0524. The molecular formula is C33H55KO7S. The summed E-state index contributed by atoms with van der Waals surface area (Å²) in [6, 6.07) is 6.04. The monoisotopic (exact) mass is 634 g/mol. The van der Waals surface area contributed by atoms with Crippen LogP contribution in [-0.2, 0) is 19.6 Å². The van der Waals surface area contributed by atoms with E-state index in [0.717, 1.165) is 19.3 Å². The van der Waals surface area contributed by atoms with Gasteiger partial charge in [0, 0.05) is 0 Å². The van der Waals surface area contributed by atoms with Crippen molar-refractivity contribution < 1.29 is 83.4 Å². The summed E-state index contributed by atoms with van der Waals surface area (Å²) in [6.07, 6.45) is 27.5. The Morgan fingerprint density at radius 1 is 0.571 bits per heavy atom. The molecule has 42 heavy (non-hydrogen) atoms. The van der Waals surface area contributed by atoms with Gasteiger partial charge in [-0.25, -0.2) is 18.0 Å². The number of unbranched alkanes of at least 4 members (excludes halogenated alkanes) is 20. The summed E-state index contributed by atoms with van der Waals surface area (Å²) in [7, 11) is -4.49. The zero-order chi connectivity index (χ0) is 30.0. The Bertz CT molecular complexity index is 921. The van der Waals surface area contributed by atoms with Gasteiger partial charge in [-0.2, -0.15) is 0 Å². The molecule has 0 bridgehead atoms. The van der Waals surface area contributed by atoms with Gasteiger partial charge in [0.1, 0.15) is 6.61 Å². The van der Waals surface area contributed by atoms with Crippen LogP contribution < -0.4 is 51.4 Å². The van der Waals surface area contributed by atoms with E-state index in [0.29, 0.717) is 0 Å². The molecule has 0 atom stereocenters. The Morgan fingerprint density at radius 3 is 1.21 bits per heavy atom. The number of esters is 2. The SMILES string of the molecule is CCCCCCCCCCCCCCCCCCCCCCCOC(=O)c1ccccc1C(=O)OCCS(=O)(=O)[O-].[K+]. The van der Waals surface area contributed by atoms with Crippen molar-refractivity contribution in [1.29, 1.82) is 0 Å². The number of ether oxygens (including phenoxy) is 2. The molecule has 1 aromatic rings. The second-order valence-electron chi connectivity index (χ2n) is 11.2. The van der Waals surface area contributed by atoms with E-state index in [9.17, 15) is 22.6 Å². The fourth-order valence-electron chi connectivity index (χ4n) is 4.93. The van der Waals surface area contributed by atoms with Gasteiger partial charge >= 0.3 is 63.3 Å². The molecule has 1 aromatic carbocycles. The fourth-order valence-corrected chi connectivity index (χ4v) is 5.22. The minimum absolute atomic E-state index is 0. The Hall–Kier alpha value is -0.294. The minimum atomic E-state index is -4.49. The molecule has 0 spiro atoms. The fraction of sp³-hybridized carbons (Fsp3) is 0.758. The van der Waals surface area contributed by atoms with E-state index in [2.05, 4.69) is 6.92 Å². The standard InChI is InChI=1S/C33H56O7S.K/c1-2-3-4-5-6-7-8-9-10-11-12-13-14-15-16-17-18-19-20-21-24-27-39-32(34)30-25-22-23-26-31(30)33(35)40-28-29-41(36,37)38;/h22-23,25-26H,2-21,24,27-29H2,1H3,(H,36,37,38);/q;+1/p-1. The van der Waals surface area contributed by atoms with Crippen molar-refractivity contribution in [1.82, 2.24) is 0 Å². The van der Waals surface area contributed by atoms with E-state index in [1.165, 1.54) is 128 Å². The molecule has 0 unspecified atom stereocenters. The van der Waals surface area contributed by atoms with Crippen molar-refractivity contribution in [2.75, 3.05) is 19.0 Å². The summed E-state index contributed by atoms with van der Waals surface area (Å²) < 4.78 is 42.1. The minimum Gasteiger partial charge on any atom is -0.748 e. The van der Waals surface area contributed by atoms with Crippen molar-refractivity contribution in [2.24, 2.45) is 0 Å². The molecule has 0 heterocycles. The molecule has 1 rings (SSSR count). The summed E-state index contributed by atoms with van der Waals surface area (Å²) in [6.45, 7) is 1.99. The Morgan fingerprint density at radius 2 is 0.881 bits per heavy atom. The third-order valence-corrected chi connectivity index (χ3v) is 8.08. The molecule has 0 fully saturated rings. The molecule has 0 saturated carbocycles. The molecule has 0 saturated heterocycles. The number of hydrogen-bond donors (Lipinski definition) is 0. The summed E-state index contributed by atoms with van der Waals surface area (Å²) in [5.74, 6) is -2.30. The van der Waals surface area contributed by atoms with Gasteiger partial charge in [0.15, 0.2) is 0 Å². The normalized spacial score (nSPS) is 11.2. The molecule has 0 amide bonds. The molecule has 0 aliphatic rings. The third-order valence-electron chi connectivity index (χ3n) is 7.41. The maximum Gasteiger partial charge on any atom is 1.00 e. The van der Waals surface area contributed by atoms with Crippen LogP contribution in [0.2, 0.25) is 0 Å². The van der Waals surface area contributed by atoms with E-state index in [1.54, 1.807) is 12.1 Å². The van der Waals surface area contributed by atoms with Crippen molar-refractivity contribution in [3.8, 4) is 0 Å². The van der Waals surface area contributed by atoms with E-state index in [1.807, 2.05) is 0 Å². The zero-order valence-corrected chi connectivity index (χ0v) is 30.5. The van der Waals surface area contributed by atoms with Crippen LogP contribution in [0.15, 0.2) is 24.3 Å². The van der Waals surface area contributed by atoms with Crippen LogP contribution in [0.3, 0.4) is 0 Å². The van der Waals surface area contributed by atoms with E-state index in [4.69, 9.17) is 9.47 Å². The van der Waals surface area contributed by atoms with Crippen LogP contribution in [0.1, 0.15) is 162 Å². The average Bonchev–Trinajstić information content (AvgIpc) is 2.95. The molecular weight excluding hydrogens is 580 g/mol. The second-order valence-corrected chi connectivity index (χ2v) is 12.7. The maximum absolute atomic E-state index is 12.4. The molecule has 0 aliphatic heterocycles. The Kier molecular flexibility index (Phi) is 28.0. The van der Waals surface area contributed by atoms with E-state index >= 15 is 0 Å².